The molecule has 4 bridgehead atoms. The summed E-state index contributed by atoms with van der Waals surface area (Å²) in [5.74, 6) is 4.36. The third-order valence-corrected chi connectivity index (χ3v) is 12.0. The van der Waals surface area contributed by atoms with Gasteiger partial charge >= 0.3 is 0 Å². The molecule has 0 unspecified atom stereocenters. The highest BCUT2D eigenvalue weighted by Gasteiger charge is 2.65. The lowest BCUT2D eigenvalue weighted by atomic mass is 9.70. The third kappa shape index (κ3) is 1.93. The van der Waals surface area contributed by atoms with Crippen molar-refractivity contribution in [1.29, 1.82) is 0 Å². The van der Waals surface area contributed by atoms with Crippen LogP contribution in [0.1, 0.15) is 66.2 Å². The lowest BCUT2D eigenvalue weighted by molar-refractivity contribution is -0.128. The van der Waals surface area contributed by atoms with Gasteiger partial charge in [-0.1, -0.05) is 49.3 Å². The molecule has 0 amide bonds. The minimum atomic E-state index is -0.0799. The SMILES string of the molecule is C[C@]12CC[C@H](CC1=O)[C@@]2(C)CSSC[C@]1(C)[C@@H]2CC[C@@]1(C)C(=O)C2. The van der Waals surface area contributed by atoms with Crippen LogP contribution in [0.3, 0.4) is 0 Å². The summed E-state index contributed by atoms with van der Waals surface area (Å²) in [5, 5.41) is 0. The molecule has 0 heterocycles. The molecule has 4 aliphatic carbocycles. The summed E-state index contributed by atoms with van der Waals surface area (Å²) in [5.41, 5.74) is 0.195. The van der Waals surface area contributed by atoms with Crippen LogP contribution in [0.2, 0.25) is 0 Å². The van der Waals surface area contributed by atoms with Crippen molar-refractivity contribution in [3.8, 4) is 0 Å². The first-order valence-corrected chi connectivity index (χ1v) is 12.0. The average molecular weight is 367 g/mol. The number of carbonyl (C=O) groups is 2. The molecule has 134 valence electrons. The molecular weight excluding hydrogens is 336 g/mol. The molecule has 0 N–H and O–H groups in total. The fraction of sp³-hybridized carbons (Fsp3) is 0.900. The zero-order valence-electron chi connectivity index (χ0n) is 15.4. The molecule has 24 heavy (non-hydrogen) atoms. The van der Waals surface area contributed by atoms with Crippen molar-refractivity contribution in [2.75, 3.05) is 11.5 Å². The summed E-state index contributed by atoms with van der Waals surface area (Å²) >= 11 is 0. The molecule has 4 aliphatic rings. The Labute approximate surface area is 154 Å². The minimum absolute atomic E-state index is 0.0799. The maximum absolute atomic E-state index is 12.4. The van der Waals surface area contributed by atoms with E-state index in [9.17, 15) is 9.59 Å². The minimum Gasteiger partial charge on any atom is -0.299 e. The third-order valence-electron chi connectivity index (χ3n) is 9.20. The van der Waals surface area contributed by atoms with Crippen molar-refractivity contribution in [1.82, 2.24) is 0 Å². The molecule has 0 aromatic heterocycles. The van der Waals surface area contributed by atoms with Gasteiger partial charge in [0, 0.05) is 35.2 Å². The van der Waals surface area contributed by atoms with Gasteiger partial charge in [0.1, 0.15) is 11.6 Å². The largest absolute Gasteiger partial charge is 0.299 e. The lowest BCUT2D eigenvalue weighted by Crippen LogP contribution is -2.37. The van der Waals surface area contributed by atoms with Gasteiger partial charge in [-0.3, -0.25) is 9.59 Å². The van der Waals surface area contributed by atoms with Crippen LogP contribution < -0.4 is 0 Å². The van der Waals surface area contributed by atoms with Crippen molar-refractivity contribution < 1.29 is 9.59 Å². The van der Waals surface area contributed by atoms with E-state index < -0.39 is 0 Å². The summed E-state index contributed by atoms with van der Waals surface area (Å²) in [6, 6.07) is 0. The summed E-state index contributed by atoms with van der Waals surface area (Å²) < 4.78 is 0. The zero-order valence-corrected chi connectivity index (χ0v) is 17.1. The Morgan fingerprint density at radius 1 is 0.792 bits per heavy atom. The van der Waals surface area contributed by atoms with E-state index in [0.29, 0.717) is 23.4 Å². The van der Waals surface area contributed by atoms with Gasteiger partial charge in [-0.05, 0) is 48.3 Å². The molecule has 0 saturated heterocycles. The predicted molar refractivity (Wildman–Crippen MR) is 102 cm³/mol. The standard InChI is InChI=1S/C20H30O2S2/c1-17-7-5-13(9-15(17)21)19(17,3)11-23-24-12-20(4)14-6-8-18(20,2)16(22)10-14/h13-14H,5-12H2,1-4H3/t13-,14-,17+,18+,19-,20-/m1/s1. The van der Waals surface area contributed by atoms with Gasteiger partial charge in [-0.15, -0.1) is 0 Å². The second-order valence-corrected chi connectivity index (χ2v) is 12.2. The first-order chi connectivity index (χ1) is 11.2. The Bertz CT molecular complexity index is 552. The van der Waals surface area contributed by atoms with Gasteiger partial charge in [-0.25, -0.2) is 0 Å². The van der Waals surface area contributed by atoms with Crippen LogP contribution in [-0.2, 0) is 9.59 Å². The normalized spacial score (nSPS) is 52.7. The number of ketones is 2. The number of hydrogen-bond acceptors (Lipinski definition) is 4. The topological polar surface area (TPSA) is 34.1 Å². The molecule has 4 heteroatoms. The average Bonchev–Trinajstić information content (AvgIpc) is 3.06. The summed E-state index contributed by atoms with van der Waals surface area (Å²) in [4.78, 5) is 24.8. The molecule has 6 atom stereocenters. The fourth-order valence-electron chi connectivity index (χ4n) is 6.39. The Kier molecular flexibility index (Phi) is 3.84. The summed E-state index contributed by atoms with van der Waals surface area (Å²) in [6.45, 7) is 9.14. The number of fused-ring (bicyclic) bond motifs is 4. The number of hydrogen-bond donors (Lipinski definition) is 0. The van der Waals surface area contributed by atoms with Crippen LogP contribution in [0.15, 0.2) is 0 Å². The number of carbonyl (C=O) groups excluding carboxylic acids is 2. The molecule has 0 radical (unpaired) electrons. The van der Waals surface area contributed by atoms with Gasteiger partial charge in [0.2, 0.25) is 0 Å². The van der Waals surface area contributed by atoms with Crippen molar-refractivity contribution in [2.45, 2.75) is 66.2 Å². The van der Waals surface area contributed by atoms with E-state index in [2.05, 4.69) is 27.7 Å². The fourth-order valence-corrected chi connectivity index (χ4v) is 10.1. The van der Waals surface area contributed by atoms with E-state index in [0.717, 1.165) is 37.2 Å². The van der Waals surface area contributed by atoms with Crippen molar-refractivity contribution >= 4 is 33.2 Å². The summed E-state index contributed by atoms with van der Waals surface area (Å²) in [6.07, 6.45) is 6.26. The molecule has 0 aromatic carbocycles. The second-order valence-electron chi connectivity index (χ2n) is 9.75. The van der Waals surface area contributed by atoms with E-state index in [-0.39, 0.29) is 21.7 Å². The van der Waals surface area contributed by atoms with Crippen LogP contribution in [0.4, 0.5) is 0 Å². The van der Waals surface area contributed by atoms with E-state index in [1.807, 2.05) is 21.6 Å². The van der Waals surface area contributed by atoms with Gasteiger partial charge in [0.15, 0.2) is 0 Å². The van der Waals surface area contributed by atoms with Gasteiger partial charge in [-0.2, -0.15) is 0 Å². The molecule has 4 rings (SSSR count). The van der Waals surface area contributed by atoms with Gasteiger partial charge < -0.3 is 0 Å². The zero-order chi connectivity index (χ0) is 17.4. The Balaban J connectivity index is 1.38. The molecule has 2 nitrogen and oxygen atoms in total. The Hall–Kier alpha value is 0.0400. The first kappa shape index (κ1) is 17.5. The monoisotopic (exact) mass is 366 g/mol. The number of rotatable bonds is 5. The molecule has 0 spiro atoms. The van der Waals surface area contributed by atoms with Crippen molar-refractivity contribution in [3.05, 3.63) is 0 Å². The summed E-state index contributed by atoms with van der Waals surface area (Å²) in [7, 11) is 3.94. The van der Waals surface area contributed by atoms with E-state index >= 15 is 0 Å². The maximum atomic E-state index is 12.4. The molecule has 0 aromatic rings. The van der Waals surface area contributed by atoms with Crippen LogP contribution in [-0.4, -0.2) is 23.1 Å². The second kappa shape index (κ2) is 5.28. The van der Waals surface area contributed by atoms with Crippen LogP contribution >= 0.6 is 21.6 Å². The highest BCUT2D eigenvalue weighted by molar-refractivity contribution is 8.76. The van der Waals surface area contributed by atoms with Crippen LogP contribution in [0, 0.1) is 33.5 Å². The van der Waals surface area contributed by atoms with Gasteiger partial charge in [0.05, 0.1) is 0 Å². The van der Waals surface area contributed by atoms with E-state index in [1.165, 1.54) is 12.8 Å². The first-order valence-electron chi connectivity index (χ1n) is 9.48. The van der Waals surface area contributed by atoms with E-state index in [1.54, 1.807) is 0 Å². The van der Waals surface area contributed by atoms with E-state index in [4.69, 9.17) is 0 Å². The van der Waals surface area contributed by atoms with Crippen LogP contribution in [0.25, 0.3) is 0 Å². The Morgan fingerprint density at radius 3 is 1.42 bits per heavy atom. The molecule has 4 saturated carbocycles. The Morgan fingerprint density at radius 2 is 1.17 bits per heavy atom. The van der Waals surface area contributed by atoms with Crippen molar-refractivity contribution in [3.63, 3.8) is 0 Å². The molecule has 4 fully saturated rings. The van der Waals surface area contributed by atoms with Gasteiger partial charge in [0.25, 0.3) is 0 Å². The molecule has 0 aliphatic heterocycles. The highest BCUT2D eigenvalue weighted by atomic mass is 33.1. The quantitative estimate of drug-likeness (QED) is 0.497. The lowest BCUT2D eigenvalue weighted by Gasteiger charge is -2.38. The van der Waals surface area contributed by atoms with Crippen molar-refractivity contribution in [2.24, 2.45) is 33.5 Å². The molecular formula is C20H30O2S2. The highest BCUT2D eigenvalue weighted by Crippen LogP contribution is 2.67. The van der Waals surface area contributed by atoms with Crippen LogP contribution in [0.5, 0.6) is 0 Å². The predicted octanol–water partition coefficient (Wildman–Crippen LogP) is 5.16. The maximum Gasteiger partial charge on any atom is 0.139 e. The number of Topliss-reactive ketones (excluding diaryl/α,β-unsaturated/α-hetero) is 2. The smallest absolute Gasteiger partial charge is 0.139 e.